The van der Waals surface area contributed by atoms with Crippen molar-refractivity contribution in [2.24, 2.45) is 5.92 Å². The van der Waals surface area contributed by atoms with Gasteiger partial charge in [-0.1, -0.05) is 12.1 Å². The predicted molar refractivity (Wildman–Crippen MR) is 75.3 cm³/mol. The van der Waals surface area contributed by atoms with E-state index in [9.17, 15) is 0 Å². The van der Waals surface area contributed by atoms with E-state index in [1.165, 1.54) is 35.6 Å². The van der Waals surface area contributed by atoms with Crippen LogP contribution in [0.25, 0.3) is 10.1 Å². The molecule has 1 aliphatic heterocycles. The van der Waals surface area contributed by atoms with Gasteiger partial charge in [0.05, 0.1) is 16.7 Å². The Hall–Kier alpha value is -1.13. The van der Waals surface area contributed by atoms with Gasteiger partial charge in [-0.3, -0.25) is 0 Å². The Labute approximate surface area is 111 Å². The summed E-state index contributed by atoms with van der Waals surface area (Å²) in [5.41, 5.74) is 0. The summed E-state index contributed by atoms with van der Waals surface area (Å²) in [7, 11) is 0. The molecule has 0 bridgehead atoms. The number of hydrogen-bond donors (Lipinski definition) is 1. The van der Waals surface area contributed by atoms with Crippen molar-refractivity contribution in [1.82, 2.24) is 9.69 Å². The van der Waals surface area contributed by atoms with Crippen LogP contribution in [0.2, 0.25) is 0 Å². The Morgan fingerprint density at radius 1 is 1.39 bits per heavy atom. The maximum Gasteiger partial charge on any atom is 0.233 e. The highest BCUT2D eigenvalue weighted by atomic mass is 32.1. The minimum Gasteiger partial charge on any atom is -0.477 e. The second-order valence-electron chi connectivity index (χ2n) is 4.83. The SMILES string of the molecule is c1ccc2c(OCC[C@H]3CCCNC3)nsc2c1. The standard InChI is InChI=1S/C14H18N2OS/c1-2-6-13-12(5-1)14(16-18-13)17-9-7-11-4-3-8-15-10-11/h1-2,5-6,11,15H,3-4,7-10H2/t11-/m1/s1. The molecule has 0 saturated carbocycles. The van der Waals surface area contributed by atoms with Gasteiger partial charge in [0.25, 0.3) is 0 Å². The van der Waals surface area contributed by atoms with Gasteiger partial charge in [0.15, 0.2) is 0 Å². The van der Waals surface area contributed by atoms with Crippen LogP contribution in [-0.2, 0) is 0 Å². The van der Waals surface area contributed by atoms with Crippen LogP contribution >= 0.6 is 11.5 Å². The van der Waals surface area contributed by atoms with Gasteiger partial charge in [-0.05, 0) is 61.9 Å². The quantitative estimate of drug-likeness (QED) is 0.919. The summed E-state index contributed by atoms with van der Waals surface area (Å²) in [6, 6.07) is 8.24. The highest BCUT2D eigenvalue weighted by Crippen LogP contribution is 2.28. The van der Waals surface area contributed by atoms with Crippen molar-refractivity contribution >= 4 is 21.6 Å². The van der Waals surface area contributed by atoms with Crippen LogP contribution in [0.5, 0.6) is 5.88 Å². The summed E-state index contributed by atoms with van der Waals surface area (Å²) in [6.07, 6.45) is 3.75. The van der Waals surface area contributed by atoms with E-state index in [1.54, 1.807) is 0 Å². The smallest absolute Gasteiger partial charge is 0.233 e. The number of benzene rings is 1. The van der Waals surface area contributed by atoms with Gasteiger partial charge in [0, 0.05) is 0 Å². The Morgan fingerprint density at radius 3 is 3.22 bits per heavy atom. The summed E-state index contributed by atoms with van der Waals surface area (Å²) in [4.78, 5) is 0. The Bertz CT molecular complexity index is 505. The molecule has 0 radical (unpaired) electrons. The first-order chi connectivity index (χ1) is 8.93. The zero-order valence-corrected chi connectivity index (χ0v) is 11.2. The lowest BCUT2D eigenvalue weighted by Crippen LogP contribution is -2.30. The zero-order chi connectivity index (χ0) is 12.2. The van der Waals surface area contributed by atoms with Crippen LogP contribution in [0.4, 0.5) is 0 Å². The molecule has 0 unspecified atom stereocenters. The van der Waals surface area contributed by atoms with E-state index in [0.717, 1.165) is 36.8 Å². The minimum atomic E-state index is 0.767. The monoisotopic (exact) mass is 262 g/mol. The van der Waals surface area contributed by atoms with Gasteiger partial charge in [-0.25, -0.2) is 0 Å². The summed E-state index contributed by atoms with van der Waals surface area (Å²) < 4.78 is 11.4. The molecule has 1 aromatic carbocycles. The van der Waals surface area contributed by atoms with E-state index in [1.807, 2.05) is 12.1 Å². The molecule has 18 heavy (non-hydrogen) atoms. The van der Waals surface area contributed by atoms with Crippen LogP contribution in [0, 0.1) is 5.92 Å². The van der Waals surface area contributed by atoms with E-state index < -0.39 is 0 Å². The average molecular weight is 262 g/mol. The van der Waals surface area contributed by atoms with Crippen molar-refractivity contribution in [3.05, 3.63) is 24.3 Å². The molecule has 1 aliphatic rings. The van der Waals surface area contributed by atoms with Crippen LogP contribution in [0.1, 0.15) is 19.3 Å². The van der Waals surface area contributed by atoms with Crippen molar-refractivity contribution in [2.75, 3.05) is 19.7 Å². The van der Waals surface area contributed by atoms with E-state index >= 15 is 0 Å². The van der Waals surface area contributed by atoms with Crippen LogP contribution in [0.15, 0.2) is 24.3 Å². The third kappa shape index (κ3) is 2.65. The second-order valence-corrected chi connectivity index (χ2v) is 5.64. The van der Waals surface area contributed by atoms with Gasteiger partial charge >= 0.3 is 0 Å². The van der Waals surface area contributed by atoms with Crippen molar-refractivity contribution in [3.8, 4) is 5.88 Å². The zero-order valence-electron chi connectivity index (χ0n) is 10.4. The maximum atomic E-state index is 5.83. The molecule has 1 fully saturated rings. The fourth-order valence-electron chi connectivity index (χ4n) is 2.46. The molecular formula is C14H18N2OS. The molecule has 96 valence electrons. The van der Waals surface area contributed by atoms with Gasteiger partial charge in [-0.15, -0.1) is 0 Å². The Balaban J connectivity index is 1.56. The molecule has 4 heteroatoms. The molecule has 1 aromatic heterocycles. The topological polar surface area (TPSA) is 34.1 Å². The lowest BCUT2D eigenvalue weighted by atomic mass is 9.97. The maximum absolute atomic E-state index is 5.83. The third-order valence-corrected chi connectivity index (χ3v) is 4.32. The summed E-state index contributed by atoms with van der Waals surface area (Å²) >= 11 is 1.51. The molecule has 1 atom stereocenters. The molecule has 3 nitrogen and oxygen atoms in total. The molecule has 1 saturated heterocycles. The first-order valence-electron chi connectivity index (χ1n) is 6.61. The van der Waals surface area contributed by atoms with Gasteiger partial charge in [0.1, 0.15) is 0 Å². The molecule has 0 amide bonds. The predicted octanol–water partition coefficient (Wildman–Crippen LogP) is 3.06. The lowest BCUT2D eigenvalue weighted by Gasteiger charge is -2.22. The summed E-state index contributed by atoms with van der Waals surface area (Å²) in [5, 5.41) is 4.58. The number of piperidine rings is 1. The summed E-state index contributed by atoms with van der Waals surface area (Å²) in [6.45, 7) is 3.09. The van der Waals surface area contributed by atoms with Crippen molar-refractivity contribution in [3.63, 3.8) is 0 Å². The van der Waals surface area contributed by atoms with Crippen LogP contribution in [-0.4, -0.2) is 24.1 Å². The van der Waals surface area contributed by atoms with Crippen molar-refractivity contribution in [1.29, 1.82) is 0 Å². The largest absolute Gasteiger partial charge is 0.477 e. The Kier molecular flexibility index (Phi) is 3.76. The van der Waals surface area contributed by atoms with Gasteiger partial charge in [0.2, 0.25) is 5.88 Å². The fraction of sp³-hybridized carbons (Fsp3) is 0.500. The highest BCUT2D eigenvalue weighted by molar-refractivity contribution is 7.13. The molecule has 0 spiro atoms. The van der Waals surface area contributed by atoms with E-state index in [2.05, 4.69) is 21.8 Å². The molecule has 1 N–H and O–H groups in total. The molecule has 3 rings (SSSR count). The van der Waals surface area contributed by atoms with E-state index in [0.29, 0.717) is 0 Å². The van der Waals surface area contributed by atoms with E-state index in [4.69, 9.17) is 4.74 Å². The van der Waals surface area contributed by atoms with E-state index in [-0.39, 0.29) is 0 Å². The summed E-state index contributed by atoms with van der Waals surface area (Å²) in [5.74, 6) is 1.57. The molecule has 2 heterocycles. The van der Waals surface area contributed by atoms with Crippen LogP contribution in [0.3, 0.4) is 0 Å². The van der Waals surface area contributed by atoms with Crippen molar-refractivity contribution in [2.45, 2.75) is 19.3 Å². The van der Waals surface area contributed by atoms with Gasteiger partial charge in [-0.2, -0.15) is 4.37 Å². The molecular weight excluding hydrogens is 244 g/mol. The minimum absolute atomic E-state index is 0.767. The number of ether oxygens (including phenoxy) is 1. The van der Waals surface area contributed by atoms with Crippen molar-refractivity contribution < 1.29 is 4.74 Å². The normalized spacial score (nSPS) is 20.1. The highest BCUT2D eigenvalue weighted by Gasteiger charge is 2.13. The number of hydrogen-bond acceptors (Lipinski definition) is 4. The second kappa shape index (κ2) is 5.67. The average Bonchev–Trinajstić information content (AvgIpc) is 2.84. The fourth-order valence-corrected chi connectivity index (χ4v) is 3.18. The molecule has 2 aromatic rings. The Morgan fingerprint density at radius 2 is 2.33 bits per heavy atom. The first kappa shape index (κ1) is 11.9. The first-order valence-corrected chi connectivity index (χ1v) is 7.39. The number of fused-ring (bicyclic) bond motifs is 1. The van der Waals surface area contributed by atoms with Crippen LogP contribution < -0.4 is 10.1 Å². The number of nitrogens with one attached hydrogen (secondary N) is 1. The number of rotatable bonds is 4. The molecule has 0 aliphatic carbocycles. The number of nitrogens with zero attached hydrogens (tertiary/aromatic N) is 1. The van der Waals surface area contributed by atoms with Gasteiger partial charge < -0.3 is 10.1 Å². The third-order valence-electron chi connectivity index (χ3n) is 3.51. The number of aromatic nitrogens is 1. The lowest BCUT2D eigenvalue weighted by molar-refractivity contribution is 0.251.